The molecule has 34 heavy (non-hydrogen) atoms. The molecule has 0 unspecified atom stereocenters. The van der Waals surface area contributed by atoms with Gasteiger partial charge in [0.1, 0.15) is 11.3 Å². The Morgan fingerprint density at radius 1 is 1.12 bits per heavy atom. The Labute approximate surface area is 201 Å². The molecule has 0 bridgehead atoms. The van der Waals surface area contributed by atoms with Crippen molar-refractivity contribution in [1.82, 2.24) is 19.3 Å². The Kier molecular flexibility index (Phi) is 7.12. The van der Waals surface area contributed by atoms with E-state index in [0.29, 0.717) is 28.4 Å². The first-order valence-corrected chi connectivity index (χ1v) is 12.1. The molecule has 0 aliphatic carbocycles. The van der Waals surface area contributed by atoms with Crippen molar-refractivity contribution in [2.45, 2.75) is 45.4 Å². The maximum Gasteiger partial charge on any atom is 0.280 e. The van der Waals surface area contributed by atoms with Gasteiger partial charge in [-0.2, -0.15) is 5.10 Å². The summed E-state index contributed by atoms with van der Waals surface area (Å²) in [6.07, 6.45) is 0.805. The van der Waals surface area contributed by atoms with Gasteiger partial charge in [-0.3, -0.25) is 18.8 Å². The predicted octanol–water partition coefficient (Wildman–Crippen LogP) is 4.40. The Hall–Kier alpha value is -3.46. The molecule has 176 valence electrons. The molecule has 0 saturated heterocycles. The van der Waals surface area contributed by atoms with E-state index in [1.165, 1.54) is 28.5 Å². The average Bonchev–Trinajstić information content (AvgIpc) is 3.17. The summed E-state index contributed by atoms with van der Waals surface area (Å²) in [5.41, 5.74) is 3.96. The van der Waals surface area contributed by atoms with Crippen LogP contribution in [0.1, 0.15) is 30.7 Å². The molecule has 2 aromatic heterocycles. The predicted molar refractivity (Wildman–Crippen MR) is 133 cm³/mol. The number of nitrogens with one attached hydrogen (secondary N) is 1. The van der Waals surface area contributed by atoms with Crippen LogP contribution in [0.2, 0.25) is 0 Å². The molecule has 0 aliphatic rings. The summed E-state index contributed by atoms with van der Waals surface area (Å²) >= 11 is 1.19. The minimum atomic E-state index is -0.344. The standard InChI is InChI=1S/C25H26FN5O2S/c1-4-18-8-6-7-9-20(18)27-21(32)15-34-25-28-22-16(3)29-31(5-2)23(22)24(33)30(25)14-17-10-12-19(26)13-11-17/h6-13H,4-5,14-15H2,1-3H3,(H,27,32). The summed E-state index contributed by atoms with van der Waals surface area (Å²) in [4.78, 5) is 30.9. The second-order valence-corrected chi connectivity index (χ2v) is 8.80. The smallest absolute Gasteiger partial charge is 0.280 e. The van der Waals surface area contributed by atoms with Crippen LogP contribution in [0.15, 0.2) is 58.5 Å². The normalized spacial score (nSPS) is 11.2. The summed E-state index contributed by atoms with van der Waals surface area (Å²) < 4.78 is 16.6. The third-order valence-corrected chi connectivity index (χ3v) is 6.52. The lowest BCUT2D eigenvalue weighted by Crippen LogP contribution is -2.26. The fraction of sp³-hybridized carbons (Fsp3) is 0.280. The number of halogens is 1. The Morgan fingerprint density at radius 2 is 1.85 bits per heavy atom. The third-order valence-electron chi connectivity index (χ3n) is 5.54. The monoisotopic (exact) mass is 479 g/mol. The van der Waals surface area contributed by atoms with Gasteiger partial charge in [0.15, 0.2) is 10.7 Å². The van der Waals surface area contributed by atoms with Gasteiger partial charge < -0.3 is 5.32 Å². The number of fused-ring (bicyclic) bond motifs is 1. The summed E-state index contributed by atoms with van der Waals surface area (Å²) in [5, 5.41) is 7.81. The molecule has 4 rings (SSSR count). The Bertz CT molecular complexity index is 1400. The summed E-state index contributed by atoms with van der Waals surface area (Å²) in [6.45, 7) is 6.50. The van der Waals surface area contributed by atoms with Crippen LogP contribution < -0.4 is 10.9 Å². The lowest BCUT2D eigenvalue weighted by molar-refractivity contribution is -0.113. The average molecular weight is 480 g/mol. The number of hydrogen-bond acceptors (Lipinski definition) is 5. The second-order valence-electron chi connectivity index (χ2n) is 7.86. The maximum atomic E-state index is 13.5. The Morgan fingerprint density at radius 3 is 2.56 bits per heavy atom. The molecule has 0 radical (unpaired) electrons. The molecule has 0 atom stereocenters. The van der Waals surface area contributed by atoms with Crippen LogP contribution in [-0.4, -0.2) is 31.0 Å². The highest BCUT2D eigenvalue weighted by atomic mass is 32.2. The first kappa shape index (κ1) is 23.7. The molecule has 0 spiro atoms. The Balaban J connectivity index is 1.67. The highest BCUT2D eigenvalue weighted by Crippen LogP contribution is 2.22. The molecule has 2 heterocycles. The van der Waals surface area contributed by atoms with Gasteiger partial charge in [-0.15, -0.1) is 0 Å². The SMILES string of the molecule is CCc1ccccc1NC(=O)CSc1nc2c(C)nn(CC)c2c(=O)n1Cc1ccc(F)cc1. The van der Waals surface area contributed by atoms with Crippen molar-refractivity contribution in [3.8, 4) is 0 Å². The number of thioether (sulfide) groups is 1. The molecule has 2 aromatic carbocycles. The van der Waals surface area contributed by atoms with E-state index >= 15 is 0 Å². The summed E-state index contributed by atoms with van der Waals surface area (Å²) in [6, 6.07) is 13.7. The number of amides is 1. The minimum Gasteiger partial charge on any atom is -0.325 e. The lowest BCUT2D eigenvalue weighted by Gasteiger charge is -2.13. The highest BCUT2D eigenvalue weighted by Gasteiger charge is 2.19. The van der Waals surface area contributed by atoms with Gasteiger partial charge in [-0.1, -0.05) is 49.0 Å². The van der Waals surface area contributed by atoms with Gasteiger partial charge >= 0.3 is 0 Å². The van der Waals surface area contributed by atoms with E-state index in [-0.39, 0.29) is 29.6 Å². The number of rotatable bonds is 8. The first-order valence-electron chi connectivity index (χ1n) is 11.1. The van der Waals surface area contributed by atoms with Gasteiger partial charge in [0.05, 0.1) is 18.0 Å². The number of para-hydroxylation sites is 1. The van der Waals surface area contributed by atoms with Crippen molar-refractivity contribution in [1.29, 1.82) is 0 Å². The molecule has 7 nitrogen and oxygen atoms in total. The summed E-state index contributed by atoms with van der Waals surface area (Å²) in [5.74, 6) is -0.446. The molecule has 1 N–H and O–H groups in total. The number of anilines is 1. The number of benzene rings is 2. The van der Waals surface area contributed by atoms with Crippen molar-refractivity contribution >= 4 is 34.4 Å². The number of aromatic nitrogens is 4. The number of nitrogens with zero attached hydrogens (tertiary/aromatic N) is 4. The number of carbonyl (C=O) groups is 1. The van der Waals surface area contributed by atoms with Gasteiger partial charge in [-0.05, 0) is 49.6 Å². The van der Waals surface area contributed by atoms with Crippen molar-refractivity contribution < 1.29 is 9.18 Å². The largest absolute Gasteiger partial charge is 0.325 e. The molecule has 0 saturated carbocycles. The molecule has 1 amide bonds. The van der Waals surface area contributed by atoms with Gasteiger partial charge in [0.25, 0.3) is 5.56 Å². The van der Waals surface area contributed by atoms with E-state index in [4.69, 9.17) is 4.98 Å². The second kappa shape index (κ2) is 10.2. The number of carbonyl (C=O) groups excluding carboxylic acids is 1. The quantitative estimate of drug-likeness (QED) is 0.299. The van der Waals surface area contributed by atoms with Crippen molar-refractivity contribution in [2.75, 3.05) is 11.1 Å². The van der Waals surface area contributed by atoms with Crippen molar-refractivity contribution in [3.63, 3.8) is 0 Å². The van der Waals surface area contributed by atoms with Gasteiger partial charge in [-0.25, -0.2) is 9.37 Å². The fourth-order valence-electron chi connectivity index (χ4n) is 3.81. The van der Waals surface area contributed by atoms with Crippen LogP contribution in [-0.2, 0) is 24.3 Å². The molecule has 4 aromatic rings. The fourth-order valence-corrected chi connectivity index (χ4v) is 4.60. The van der Waals surface area contributed by atoms with E-state index in [1.807, 2.05) is 45.0 Å². The minimum absolute atomic E-state index is 0.0837. The maximum absolute atomic E-state index is 13.5. The zero-order valence-electron chi connectivity index (χ0n) is 19.3. The molecule has 0 fully saturated rings. The molecule has 9 heteroatoms. The van der Waals surface area contributed by atoms with Crippen LogP contribution in [0.5, 0.6) is 0 Å². The van der Waals surface area contributed by atoms with Crippen LogP contribution in [0.3, 0.4) is 0 Å². The van der Waals surface area contributed by atoms with E-state index in [0.717, 1.165) is 23.2 Å². The van der Waals surface area contributed by atoms with Crippen molar-refractivity contribution in [2.24, 2.45) is 0 Å². The van der Waals surface area contributed by atoms with E-state index < -0.39 is 0 Å². The number of aryl methyl sites for hydroxylation is 3. The van der Waals surface area contributed by atoms with Gasteiger partial charge in [0.2, 0.25) is 5.91 Å². The summed E-state index contributed by atoms with van der Waals surface area (Å²) in [7, 11) is 0. The lowest BCUT2D eigenvalue weighted by atomic mass is 10.1. The molecular weight excluding hydrogens is 453 g/mol. The topological polar surface area (TPSA) is 81.8 Å². The van der Waals surface area contributed by atoms with Crippen LogP contribution in [0, 0.1) is 12.7 Å². The van der Waals surface area contributed by atoms with Crippen molar-refractivity contribution in [3.05, 3.63) is 81.5 Å². The van der Waals surface area contributed by atoms with Crippen LogP contribution >= 0.6 is 11.8 Å². The zero-order valence-corrected chi connectivity index (χ0v) is 20.2. The highest BCUT2D eigenvalue weighted by molar-refractivity contribution is 7.99. The van der Waals surface area contributed by atoms with Crippen LogP contribution in [0.25, 0.3) is 11.0 Å². The zero-order chi connectivity index (χ0) is 24.2. The number of hydrogen-bond donors (Lipinski definition) is 1. The molecular formula is C25H26FN5O2S. The van der Waals surface area contributed by atoms with Gasteiger partial charge in [0, 0.05) is 12.2 Å². The first-order chi connectivity index (χ1) is 16.4. The van der Waals surface area contributed by atoms with Crippen LogP contribution in [0.4, 0.5) is 10.1 Å². The van der Waals surface area contributed by atoms with E-state index in [1.54, 1.807) is 16.8 Å². The van der Waals surface area contributed by atoms with E-state index in [9.17, 15) is 14.0 Å². The third kappa shape index (κ3) is 4.89. The van der Waals surface area contributed by atoms with E-state index in [2.05, 4.69) is 10.4 Å². The molecule has 0 aliphatic heterocycles.